The summed E-state index contributed by atoms with van der Waals surface area (Å²) in [5, 5.41) is 30.6. The van der Waals surface area contributed by atoms with Crippen LogP contribution in [0.5, 0.6) is 0 Å². The van der Waals surface area contributed by atoms with Gasteiger partial charge in [0.25, 0.3) is 0 Å². The first-order valence-corrected chi connectivity index (χ1v) is 13.6. The number of hydrogen-bond donors (Lipinski definition) is 3. The van der Waals surface area contributed by atoms with Gasteiger partial charge in [0, 0.05) is 0 Å². The molecule has 3 nitrogen and oxygen atoms in total. The summed E-state index contributed by atoms with van der Waals surface area (Å²) in [7, 11) is 0. The minimum Gasteiger partial charge on any atom is -0.393 e. The van der Waals surface area contributed by atoms with Crippen LogP contribution in [0.15, 0.2) is 47.6 Å². The van der Waals surface area contributed by atoms with Gasteiger partial charge in [0.2, 0.25) is 0 Å². The van der Waals surface area contributed by atoms with E-state index in [1.165, 1.54) is 24.1 Å². The molecule has 4 rings (SSSR count). The molecule has 0 amide bonds. The lowest BCUT2D eigenvalue weighted by Crippen LogP contribution is -2.36. The van der Waals surface area contributed by atoms with E-state index in [-0.39, 0.29) is 5.41 Å². The average molecular weight is 507 g/mol. The largest absolute Gasteiger partial charge is 0.416 e. The van der Waals surface area contributed by atoms with Crippen molar-refractivity contribution in [1.82, 2.24) is 0 Å². The van der Waals surface area contributed by atoms with Gasteiger partial charge in [0.1, 0.15) is 0 Å². The van der Waals surface area contributed by atoms with Crippen LogP contribution in [-0.2, 0) is 6.18 Å². The van der Waals surface area contributed by atoms with Crippen molar-refractivity contribution in [3.63, 3.8) is 0 Å². The molecule has 0 saturated heterocycles. The number of hydrogen-bond acceptors (Lipinski definition) is 3. The van der Waals surface area contributed by atoms with E-state index in [0.29, 0.717) is 49.0 Å². The van der Waals surface area contributed by atoms with E-state index < -0.39 is 30.1 Å². The summed E-state index contributed by atoms with van der Waals surface area (Å²) in [5.74, 6) is 1.51. The van der Waals surface area contributed by atoms with Crippen LogP contribution in [0.3, 0.4) is 0 Å². The predicted octanol–water partition coefficient (Wildman–Crippen LogP) is 7.13. The van der Waals surface area contributed by atoms with Gasteiger partial charge in [-0.25, -0.2) is 0 Å². The molecule has 1 aromatic carbocycles. The molecule has 0 aromatic heterocycles. The summed E-state index contributed by atoms with van der Waals surface area (Å²) in [6.45, 7) is 4.69. The van der Waals surface area contributed by atoms with Crippen molar-refractivity contribution in [3.8, 4) is 0 Å². The Balaban J connectivity index is 1.38. The maximum atomic E-state index is 12.8. The molecule has 3 N–H and O–H groups in total. The summed E-state index contributed by atoms with van der Waals surface area (Å²) < 4.78 is 38.5. The molecule has 36 heavy (non-hydrogen) atoms. The first-order chi connectivity index (χ1) is 17.0. The molecule has 0 bridgehead atoms. The maximum Gasteiger partial charge on any atom is 0.416 e. The van der Waals surface area contributed by atoms with E-state index in [9.17, 15) is 28.5 Å². The highest BCUT2D eigenvalue weighted by Gasteiger charge is 2.50. The van der Waals surface area contributed by atoms with Gasteiger partial charge in [0.05, 0.1) is 23.9 Å². The molecule has 3 saturated carbocycles. The fourth-order valence-electron chi connectivity index (χ4n) is 7.43. The van der Waals surface area contributed by atoms with Crippen molar-refractivity contribution in [1.29, 1.82) is 0 Å². The molecule has 200 valence electrons. The Morgan fingerprint density at radius 2 is 1.69 bits per heavy atom. The quantitative estimate of drug-likeness (QED) is 0.385. The van der Waals surface area contributed by atoms with Crippen molar-refractivity contribution in [2.75, 3.05) is 0 Å². The summed E-state index contributed by atoms with van der Waals surface area (Å²) in [6.07, 6.45) is 7.28. The fraction of sp³-hybridized carbons (Fsp3) is 0.667. The number of alkyl halides is 3. The Bertz CT molecular complexity index is 939. The zero-order valence-corrected chi connectivity index (χ0v) is 21.5. The van der Waals surface area contributed by atoms with E-state index in [0.717, 1.165) is 49.8 Å². The molecule has 1 aromatic rings. The third-order valence-corrected chi connectivity index (χ3v) is 9.32. The summed E-state index contributed by atoms with van der Waals surface area (Å²) >= 11 is 0. The zero-order valence-electron chi connectivity index (χ0n) is 21.5. The van der Waals surface area contributed by atoms with E-state index >= 15 is 0 Å². The number of allylic oxidation sites excluding steroid dienone is 3. The topological polar surface area (TPSA) is 60.7 Å². The van der Waals surface area contributed by atoms with Gasteiger partial charge in [-0.15, -0.1) is 0 Å². The third kappa shape index (κ3) is 6.08. The van der Waals surface area contributed by atoms with Crippen LogP contribution in [0, 0.1) is 23.2 Å². The van der Waals surface area contributed by atoms with Crippen molar-refractivity contribution in [2.45, 2.75) is 103 Å². The SMILES string of the molecule is C[C@H](CC[C@H](O)c1ccc(C(F)(F)F)cc1)[C@H]1CC[C@@H]2C(=CC=C3C[C@@H](O)C[C@H](O)C3)CCC[C@@]21C. The van der Waals surface area contributed by atoms with Gasteiger partial charge in [-0.1, -0.05) is 49.3 Å². The second kappa shape index (κ2) is 11.0. The second-order valence-corrected chi connectivity index (χ2v) is 11.8. The number of fused-ring (bicyclic) bond motifs is 1. The van der Waals surface area contributed by atoms with E-state index in [2.05, 4.69) is 26.0 Å². The summed E-state index contributed by atoms with van der Waals surface area (Å²) in [4.78, 5) is 0. The predicted molar refractivity (Wildman–Crippen MR) is 135 cm³/mol. The van der Waals surface area contributed by atoms with Gasteiger partial charge < -0.3 is 15.3 Å². The lowest BCUT2D eigenvalue weighted by Gasteiger charge is -2.44. The average Bonchev–Trinajstić information content (AvgIpc) is 3.17. The first-order valence-electron chi connectivity index (χ1n) is 13.6. The van der Waals surface area contributed by atoms with Crippen LogP contribution in [0.1, 0.15) is 95.3 Å². The Labute approximate surface area is 213 Å². The molecule has 0 heterocycles. The molecular formula is C30H41F3O3. The molecule has 3 aliphatic carbocycles. The molecule has 7 atom stereocenters. The fourth-order valence-corrected chi connectivity index (χ4v) is 7.43. The smallest absolute Gasteiger partial charge is 0.393 e. The molecule has 3 aliphatic rings. The highest BCUT2D eigenvalue weighted by Crippen LogP contribution is 2.60. The van der Waals surface area contributed by atoms with Gasteiger partial charge >= 0.3 is 6.18 Å². The van der Waals surface area contributed by atoms with Crippen LogP contribution >= 0.6 is 0 Å². The summed E-state index contributed by atoms with van der Waals surface area (Å²) in [6, 6.07) is 4.87. The Kier molecular flexibility index (Phi) is 8.38. The van der Waals surface area contributed by atoms with Crippen molar-refractivity contribution < 1.29 is 28.5 Å². The molecule has 6 heteroatoms. The molecule has 0 unspecified atom stereocenters. The van der Waals surface area contributed by atoms with Gasteiger partial charge in [-0.05, 0) is 105 Å². The number of rotatable bonds is 6. The van der Waals surface area contributed by atoms with Crippen molar-refractivity contribution >= 4 is 0 Å². The normalized spacial score (nSPS) is 33.9. The van der Waals surface area contributed by atoms with E-state index in [1.54, 1.807) is 0 Å². The van der Waals surface area contributed by atoms with Crippen LogP contribution in [0.25, 0.3) is 0 Å². The number of aliphatic hydroxyl groups is 3. The lowest BCUT2D eigenvalue weighted by molar-refractivity contribution is -0.137. The summed E-state index contributed by atoms with van der Waals surface area (Å²) in [5.41, 5.74) is 2.68. The molecule has 3 fully saturated rings. The first kappa shape index (κ1) is 27.4. The minimum absolute atomic E-state index is 0.215. The van der Waals surface area contributed by atoms with Gasteiger partial charge in [0.15, 0.2) is 0 Å². The number of halogens is 3. The molecular weight excluding hydrogens is 465 g/mol. The van der Waals surface area contributed by atoms with Crippen molar-refractivity contribution in [3.05, 3.63) is 58.7 Å². The van der Waals surface area contributed by atoms with Gasteiger partial charge in [-0.3, -0.25) is 0 Å². The Hall–Kier alpha value is -1.63. The molecule has 0 radical (unpaired) electrons. The van der Waals surface area contributed by atoms with E-state index in [1.807, 2.05) is 0 Å². The highest BCUT2D eigenvalue weighted by molar-refractivity contribution is 5.27. The Morgan fingerprint density at radius 1 is 1.03 bits per heavy atom. The highest BCUT2D eigenvalue weighted by atomic mass is 19.4. The number of benzene rings is 1. The Morgan fingerprint density at radius 3 is 2.33 bits per heavy atom. The van der Waals surface area contributed by atoms with Crippen molar-refractivity contribution in [2.24, 2.45) is 23.2 Å². The lowest BCUT2D eigenvalue weighted by atomic mass is 9.60. The van der Waals surface area contributed by atoms with Gasteiger partial charge in [-0.2, -0.15) is 13.2 Å². The third-order valence-electron chi connectivity index (χ3n) is 9.32. The van der Waals surface area contributed by atoms with Crippen LogP contribution in [0.2, 0.25) is 0 Å². The second-order valence-electron chi connectivity index (χ2n) is 11.8. The van der Waals surface area contributed by atoms with E-state index in [4.69, 9.17) is 0 Å². The van der Waals surface area contributed by atoms with Crippen LogP contribution in [-0.4, -0.2) is 27.5 Å². The van der Waals surface area contributed by atoms with Crippen LogP contribution < -0.4 is 0 Å². The van der Waals surface area contributed by atoms with Crippen LogP contribution in [0.4, 0.5) is 13.2 Å². The maximum absolute atomic E-state index is 12.8. The monoisotopic (exact) mass is 506 g/mol. The number of aliphatic hydroxyl groups excluding tert-OH is 3. The zero-order chi connectivity index (χ0) is 26.1. The molecule has 0 aliphatic heterocycles. The molecule has 0 spiro atoms. The minimum atomic E-state index is -4.37. The standard InChI is InChI=1S/C30H41F3O3/c1-19(5-14-28(36)22-8-10-23(11-9-22)30(31,32)33)26-12-13-27-21(4-3-15-29(26,27)2)7-6-20-16-24(34)18-25(35)17-20/h6-11,19,24-28,34-36H,3-5,12-18H2,1-2H3/t19-,24-,25-,26-,27-,28+,29-/m1/s1.